The molecule has 0 atom stereocenters. The Morgan fingerprint density at radius 2 is 2.13 bits per heavy atom. The molecule has 0 aromatic carbocycles. The smallest absolute Gasteiger partial charge is 0.337 e. The molecule has 1 aromatic heterocycles. The number of rotatable bonds is 3. The molecule has 1 heterocycles. The summed E-state index contributed by atoms with van der Waals surface area (Å²) < 4.78 is 9.16. The van der Waals surface area contributed by atoms with Crippen LogP contribution in [0, 0.1) is 0 Å². The lowest BCUT2D eigenvalue weighted by Crippen LogP contribution is -3.00. The number of nitrogens with two attached hydrogens (primary N) is 1. The topological polar surface area (TPSA) is 43.6 Å². The van der Waals surface area contributed by atoms with Crippen LogP contribution in [-0.4, -0.2) is 17.2 Å². The summed E-state index contributed by atoms with van der Waals surface area (Å²) in [7, 11) is 3.97. The van der Waals surface area contributed by atoms with E-state index in [0.29, 0.717) is 18.9 Å². The van der Waals surface area contributed by atoms with Gasteiger partial charge in [0.15, 0.2) is 13.2 Å². The van der Waals surface area contributed by atoms with E-state index in [0.717, 1.165) is 5.56 Å². The summed E-state index contributed by atoms with van der Waals surface area (Å²) in [6, 6.07) is 0. The van der Waals surface area contributed by atoms with Gasteiger partial charge >= 0.3 is 5.90 Å². The first-order chi connectivity index (χ1) is 6.13. The van der Waals surface area contributed by atoms with E-state index in [-0.39, 0.29) is 24.8 Å². The maximum absolute atomic E-state index is 5.65. The van der Waals surface area contributed by atoms with Crippen molar-refractivity contribution in [2.75, 3.05) is 6.61 Å². The third-order valence-electron chi connectivity index (χ3n) is 1.91. The highest BCUT2D eigenvalue weighted by Crippen LogP contribution is 1.96. The van der Waals surface area contributed by atoms with Crippen molar-refractivity contribution in [1.29, 1.82) is 0 Å². The van der Waals surface area contributed by atoms with Crippen molar-refractivity contribution in [2.24, 2.45) is 14.1 Å². The first-order valence-electron chi connectivity index (χ1n) is 4.38. The first-order valence-corrected chi connectivity index (χ1v) is 4.38. The van der Waals surface area contributed by atoms with Crippen LogP contribution in [0.15, 0.2) is 12.4 Å². The molecular weight excluding hydrogens is 237 g/mol. The normalized spacial score (nSPS) is 8.73. The summed E-state index contributed by atoms with van der Waals surface area (Å²) in [6.07, 6.45) is 4.75. The van der Waals surface area contributed by atoms with E-state index in [9.17, 15) is 0 Å². The lowest BCUT2D eigenvalue weighted by atomic mass is 10.2. The van der Waals surface area contributed by atoms with Crippen LogP contribution in [0.3, 0.4) is 0 Å². The van der Waals surface area contributed by atoms with Gasteiger partial charge in [0, 0.05) is 0 Å². The molecule has 0 aliphatic heterocycles. The van der Waals surface area contributed by atoms with Crippen LogP contribution in [0.25, 0.3) is 0 Å². The second-order valence-corrected chi connectivity index (χ2v) is 3.06. The van der Waals surface area contributed by atoms with Crippen LogP contribution >= 0.6 is 0 Å². The highest BCUT2D eigenvalue weighted by Gasteiger charge is 2.11. The van der Waals surface area contributed by atoms with Gasteiger partial charge in [-0.05, 0) is 6.92 Å². The van der Waals surface area contributed by atoms with E-state index >= 15 is 0 Å². The van der Waals surface area contributed by atoms with Gasteiger partial charge in [-0.25, -0.2) is 5.41 Å². The predicted molar refractivity (Wildman–Crippen MR) is 48.9 cm³/mol. The Morgan fingerprint density at radius 3 is 2.53 bits per heavy atom. The summed E-state index contributed by atoms with van der Waals surface area (Å²) >= 11 is 0. The fraction of sp³-hybridized carbons (Fsp3) is 0.556. The van der Waals surface area contributed by atoms with Crippen LogP contribution in [0.5, 0.6) is 0 Å². The van der Waals surface area contributed by atoms with E-state index in [1.165, 1.54) is 0 Å². The van der Waals surface area contributed by atoms with Gasteiger partial charge < -0.3 is 29.6 Å². The molecule has 1 aromatic rings. The monoisotopic (exact) mass is 253 g/mol. The van der Waals surface area contributed by atoms with E-state index < -0.39 is 0 Å². The van der Waals surface area contributed by atoms with Gasteiger partial charge in [0.25, 0.3) is 0 Å². The Bertz CT molecular complexity index is 293. The molecule has 0 unspecified atom stereocenters. The maximum atomic E-state index is 5.65. The number of aromatic nitrogens is 2. The number of aryl methyl sites for hydroxylation is 2. The molecule has 0 bridgehead atoms. The van der Waals surface area contributed by atoms with Crippen molar-refractivity contribution in [3.63, 3.8) is 0 Å². The SMILES string of the molecule is CCOC(=[NH2+])Cc1cn(C)[n+](C)c1.[Cl-].[Cl-]. The Hall–Kier alpha value is -0.740. The molecule has 1 rings (SSSR count). The van der Waals surface area contributed by atoms with Crippen molar-refractivity contribution in [1.82, 2.24) is 4.68 Å². The zero-order chi connectivity index (χ0) is 9.84. The lowest BCUT2D eigenvalue weighted by Gasteiger charge is -1.95. The number of hydrogen-bond acceptors (Lipinski definition) is 1. The van der Waals surface area contributed by atoms with E-state index in [1.54, 1.807) is 0 Å². The van der Waals surface area contributed by atoms with Gasteiger partial charge in [0.1, 0.15) is 6.42 Å². The third kappa shape index (κ3) is 5.04. The van der Waals surface area contributed by atoms with Crippen molar-refractivity contribution in [2.45, 2.75) is 13.3 Å². The minimum atomic E-state index is 0. The summed E-state index contributed by atoms with van der Waals surface area (Å²) in [5.74, 6) is 0.578. The molecule has 15 heavy (non-hydrogen) atoms. The van der Waals surface area contributed by atoms with Gasteiger partial charge in [-0.1, -0.05) is 0 Å². The van der Waals surface area contributed by atoms with E-state index in [2.05, 4.69) is 0 Å². The zero-order valence-electron chi connectivity index (χ0n) is 9.20. The number of halogens is 2. The third-order valence-corrected chi connectivity index (χ3v) is 1.91. The quantitative estimate of drug-likeness (QED) is 0.325. The first kappa shape index (κ1) is 16.7. The number of ether oxygens (including phenoxy) is 1. The zero-order valence-corrected chi connectivity index (χ0v) is 10.7. The van der Waals surface area contributed by atoms with Crippen molar-refractivity contribution >= 4 is 5.90 Å². The van der Waals surface area contributed by atoms with Crippen molar-refractivity contribution < 1.29 is 39.6 Å². The van der Waals surface area contributed by atoms with Crippen molar-refractivity contribution in [3.05, 3.63) is 18.0 Å². The largest absolute Gasteiger partial charge is 1.00 e. The summed E-state index contributed by atoms with van der Waals surface area (Å²) in [5.41, 5.74) is 1.16. The number of hydrogen-bond donors (Lipinski definition) is 1. The molecule has 88 valence electrons. The molecule has 0 spiro atoms. The van der Waals surface area contributed by atoms with Gasteiger partial charge in [0.2, 0.25) is 0 Å². The fourth-order valence-corrected chi connectivity index (χ4v) is 1.22. The van der Waals surface area contributed by atoms with Gasteiger partial charge in [-0.15, -0.1) is 4.68 Å². The van der Waals surface area contributed by atoms with Crippen LogP contribution in [0.4, 0.5) is 0 Å². The second kappa shape index (κ2) is 7.54. The summed E-state index contributed by atoms with van der Waals surface area (Å²) in [4.78, 5) is 0. The molecule has 0 aliphatic rings. The highest BCUT2D eigenvalue weighted by molar-refractivity contribution is 5.72. The summed E-state index contributed by atoms with van der Waals surface area (Å²) in [6.45, 7) is 2.56. The van der Waals surface area contributed by atoms with Crippen LogP contribution in [0.2, 0.25) is 0 Å². The molecule has 0 radical (unpaired) electrons. The van der Waals surface area contributed by atoms with Crippen LogP contribution in [-0.2, 0) is 25.3 Å². The van der Waals surface area contributed by atoms with Gasteiger partial charge in [-0.3, -0.25) is 0 Å². The van der Waals surface area contributed by atoms with Gasteiger partial charge in [-0.2, -0.15) is 4.68 Å². The lowest BCUT2D eigenvalue weighted by molar-refractivity contribution is -0.751. The average Bonchev–Trinajstić information content (AvgIpc) is 2.31. The molecule has 2 N–H and O–H groups in total. The molecule has 4 nitrogen and oxygen atoms in total. The molecule has 0 amide bonds. The molecule has 0 fully saturated rings. The standard InChI is InChI=1S/C9H16N3O.2ClH/c1-4-13-9(10)5-8-6-11(2)12(3)7-8;;/h6-7,10H,4-5H2,1-3H3;2*1H/q+1;;/p-1. The Labute approximate surface area is 103 Å². The Kier molecular flexibility index (Phi) is 8.38. The fourth-order valence-electron chi connectivity index (χ4n) is 1.22. The summed E-state index contributed by atoms with van der Waals surface area (Å²) in [5, 5.41) is 5.65. The molecule has 0 saturated heterocycles. The molecule has 0 aliphatic carbocycles. The van der Waals surface area contributed by atoms with Gasteiger partial charge in [0.05, 0.1) is 25.4 Å². The maximum Gasteiger partial charge on any atom is 0.337 e. The highest BCUT2D eigenvalue weighted by atomic mass is 35.5. The van der Waals surface area contributed by atoms with Crippen molar-refractivity contribution in [3.8, 4) is 0 Å². The van der Waals surface area contributed by atoms with E-state index in [4.69, 9.17) is 10.1 Å². The minimum Gasteiger partial charge on any atom is -1.00 e. The Balaban J connectivity index is 0. The second-order valence-electron chi connectivity index (χ2n) is 3.06. The number of nitrogens with zero attached hydrogens (tertiary/aromatic N) is 2. The van der Waals surface area contributed by atoms with E-state index in [1.807, 2.05) is 42.8 Å². The van der Waals surface area contributed by atoms with Crippen LogP contribution in [0.1, 0.15) is 12.5 Å². The van der Waals surface area contributed by atoms with Crippen LogP contribution < -0.4 is 34.9 Å². The minimum absolute atomic E-state index is 0. The Morgan fingerprint density at radius 1 is 1.53 bits per heavy atom. The molecule has 0 saturated carbocycles. The molecule has 6 heteroatoms. The molecular formula is C9H17Cl2N3O. The average molecular weight is 254 g/mol. The predicted octanol–water partition coefficient (Wildman–Crippen LogP) is -7.41.